The van der Waals surface area contributed by atoms with Crippen molar-refractivity contribution in [1.82, 2.24) is 10.4 Å². The highest BCUT2D eigenvalue weighted by Crippen LogP contribution is 2.26. The number of rotatable bonds is 7. The second kappa shape index (κ2) is 10.8. The first-order chi connectivity index (χ1) is 17.3. The molecule has 0 aliphatic carbocycles. The van der Waals surface area contributed by atoms with Crippen molar-refractivity contribution in [2.45, 2.75) is 33.8 Å². The summed E-state index contributed by atoms with van der Waals surface area (Å²) in [6, 6.07) is 24.2. The van der Waals surface area contributed by atoms with Gasteiger partial charge < -0.3 is 10.1 Å². The second-order valence-electron chi connectivity index (χ2n) is 8.66. The smallest absolute Gasteiger partial charge is 0.272 e. The zero-order chi connectivity index (χ0) is 25.7. The van der Waals surface area contributed by atoms with Crippen LogP contribution in [0, 0.1) is 0 Å². The van der Waals surface area contributed by atoms with E-state index in [2.05, 4.69) is 15.8 Å². The zero-order valence-corrected chi connectivity index (χ0v) is 20.7. The van der Waals surface area contributed by atoms with Crippen LogP contribution in [0.15, 0.2) is 84.0 Å². The van der Waals surface area contributed by atoms with E-state index in [1.165, 1.54) is 6.92 Å². The first-order valence-electron chi connectivity index (χ1n) is 11.7. The third kappa shape index (κ3) is 5.93. The number of aromatic nitrogens is 1. The van der Waals surface area contributed by atoms with Crippen molar-refractivity contribution in [2.24, 2.45) is 5.10 Å². The topological polar surface area (TPSA) is 92.7 Å². The van der Waals surface area contributed by atoms with Gasteiger partial charge in [-0.05, 0) is 74.9 Å². The predicted molar refractivity (Wildman–Crippen MR) is 143 cm³/mol. The van der Waals surface area contributed by atoms with Crippen LogP contribution >= 0.6 is 0 Å². The number of anilines is 1. The van der Waals surface area contributed by atoms with Crippen LogP contribution < -0.4 is 15.5 Å². The zero-order valence-electron chi connectivity index (χ0n) is 20.7. The molecule has 1 heterocycles. The molecule has 1 aromatic heterocycles. The molecule has 0 radical (unpaired) electrons. The van der Waals surface area contributed by atoms with Crippen LogP contribution in [0.4, 0.5) is 5.69 Å². The maximum absolute atomic E-state index is 13.2. The fourth-order valence-electron chi connectivity index (χ4n) is 3.75. The molecule has 0 unspecified atom stereocenters. The summed E-state index contributed by atoms with van der Waals surface area (Å²) in [6.45, 7) is 7.23. The fraction of sp³-hybridized carbons (Fsp3) is 0.172. The van der Waals surface area contributed by atoms with Crippen molar-refractivity contribution in [3.8, 4) is 17.0 Å². The van der Waals surface area contributed by atoms with Gasteiger partial charge in [-0.15, -0.1) is 0 Å². The van der Waals surface area contributed by atoms with Crippen molar-refractivity contribution < 1.29 is 14.3 Å². The highest BCUT2D eigenvalue weighted by Gasteiger charge is 2.14. The average Bonchev–Trinajstić information content (AvgIpc) is 2.86. The number of fused-ring (bicyclic) bond motifs is 1. The molecule has 2 N–H and O–H groups in total. The van der Waals surface area contributed by atoms with Gasteiger partial charge in [-0.1, -0.05) is 30.3 Å². The lowest BCUT2D eigenvalue weighted by molar-refractivity contribution is -0.114. The van der Waals surface area contributed by atoms with Crippen LogP contribution in [0.1, 0.15) is 43.6 Å². The number of pyridine rings is 1. The average molecular weight is 481 g/mol. The van der Waals surface area contributed by atoms with E-state index in [4.69, 9.17) is 9.72 Å². The quantitative estimate of drug-likeness (QED) is 0.258. The van der Waals surface area contributed by atoms with E-state index in [0.29, 0.717) is 22.7 Å². The third-order valence-electron chi connectivity index (χ3n) is 5.43. The Kier molecular flexibility index (Phi) is 7.39. The van der Waals surface area contributed by atoms with Crippen LogP contribution in [0.25, 0.3) is 22.2 Å². The summed E-state index contributed by atoms with van der Waals surface area (Å²) in [5, 5.41) is 7.77. The van der Waals surface area contributed by atoms with E-state index in [9.17, 15) is 9.59 Å². The summed E-state index contributed by atoms with van der Waals surface area (Å²) in [7, 11) is 0. The Bertz CT molecular complexity index is 1430. The van der Waals surface area contributed by atoms with Crippen molar-refractivity contribution in [3.05, 3.63) is 90.0 Å². The molecule has 0 saturated carbocycles. The summed E-state index contributed by atoms with van der Waals surface area (Å²) in [5.74, 6) is 0.315. The molecule has 4 aromatic rings. The standard InChI is InChI=1S/C29H28N4O3/c1-18(2)36-24-15-11-22(12-16-24)28-17-26(25-7-5-6-8-27(25)31-28)29(35)33-32-19(3)21-9-13-23(14-10-21)30-20(4)34/h5-18H,1-4H3,(H,30,34)(H,33,35)/b32-19+. The molecular weight excluding hydrogens is 452 g/mol. The molecule has 0 saturated heterocycles. The van der Waals surface area contributed by atoms with E-state index in [0.717, 1.165) is 27.8 Å². The first-order valence-corrected chi connectivity index (χ1v) is 11.7. The molecular formula is C29H28N4O3. The van der Waals surface area contributed by atoms with Gasteiger partial charge in [0.25, 0.3) is 5.91 Å². The first kappa shape index (κ1) is 24.6. The minimum absolute atomic E-state index is 0.0871. The number of para-hydroxylation sites is 1. The number of hydrogen-bond acceptors (Lipinski definition) is 5. The summed E-state index contributed by atoms with van der Waals surface area (Å²) in [4.78, 5) is 29.2. The van der Waals surface area contributed by atoms with E-state index in [-0.39, 0.29) is 17.9 Å². The Labute approximate surface area is 210 Å². The van der Waals surface area contributed by atoms with Gasteiger partial charge in [0.2, 0.25) is 5.91 Å². The van der Waals surface area contributed by atoms with Crippen molar-refractivity contribution in [1.29, 1.82) is 0 Å². The van der Waals surface area contributed by atoms with Gasteiger partial charge in [-0.25, -0.2) is 10.4 Å². The highest BCUT2D eigenvalue weighted by atomic mass is 16.5. The Hall–Kier alpha value is -4.52. The summed E-state index contributed by atoms with van der Waals surface area (Å²) in [6.07, 6.45) is 0.0871. The Balaban J connectivity index is 1.60. The number of amides is 2. The molecule has 0 aliphatic heterocycles. The Morgan fingerprint density at radius 2 is 1.61 bits per heavy atom. The molecule has 2 amide bonds. The lowest BCUT2D eigenvalue weighted by Crippen LogP contribution is -2.20. The summed E-state index contributed by atoms with van der Waals surface area (Å²) >= 11 is 0. The largest absolute Gasteiger partial charge is 0.491 e. The fourth-order valence-corrected chi connectivity index (χ4v) is 3.75. The number of benzene rings is 3. The monoisotopic (exact) mass is 480 g/mol. The van der Waals surface area contributed by atoms with Gasteiger partial charge in [-0.3, -0.25) is 9.59 Å². The van der Waals surface area contributed by atoms with E-state index in [1.807, 2.05) is 81.4 Å². The van der Waals surface area contributed by atoms with E-state index in [1.54, 1.807) is 18.2 Å². The van der Waals surface area contributed by atoms with Gasteiger partial charge in [0.1, 0.15) is 5.75 Å². The molecule has 182 valence electrons. The number of hydrazone groups is 1. The number of carbonyl (C=O) groups is 2. The van der Waals surface area contributed by atoms with Gasteiger partial charge >= 0.3 is 0 Å². The summed E-state index contributed by atoms with van der Waals surface area (Å²) in [5.41, 5.74) is 7.60. The van der Waals surface area contributed by atoms with Crippen molar-refractivity contribution >= 4 is 34.1 Å². The third-order valence-corrected chi connectivity index (χ3v) is 5.43. The molecule has 7 heteroatoms. The summed E-state index contributed by atoms with van der Waals surface area (Å²) < 4.78 is 5.73. The highest BCUT2D eigenvalue weighted by molar-refractivity contribution is 6.08. The molecule has 36 heavy (non-hydrogen) atoms. The van der Waals surface area contributed by atoms with Gasteiger partial charge in [0.05, 0.1) is 28.6 Å². The minimum Gasteiger partial charge on any atom is -0.491 e. The van der Waals surface area contributed by atoms with Crippen LogP contribution in [0.2, 0.25) is 0 Å². The predicted octanol–water partition coefficient (Wildman–Crippen LogP) is 5.80. The Morgan fingerprint density at radius 1 is 0.917 bits per heavy atom. The molecule has 0 aliphatic rings. The van der Waals surface area contributed by atoms with Crippen LogP contribution in [-0.4, -0.2) is 28.6 Å². The number of ether oxygens (including phenoxy) is 1. The molecule has 3 aromatic carbocycles. The number of carbonyl (C=O) groups excluding carboxylic acids is 2. The number of nitrogens with zero attached hydrogens (tertiary/aromatic N) is 2. The lowest BCUT2D eigenvalue weighted by atomic mass is 10.0. The molecule has 7 nitrogen and oxygen atoms in total. The molecule has 0 fully saturated rings. The van der Waals surface area contributed by atoms with Crippen molar-refractivity contribution in [2.75, 3.05) is 5.32 Å². The minimum atomic E-state index is -0.330. The maximum atomic E-state index is 13.2. The van der Waals surface area contributed by atoms with Crippen LogP contribution in [-0.2, 0) is 4.79 Å². The van der Waals surface area contributed by atoms with Crippen LogP contribution in [0.5, 0.6) is 5.75 Å². The van der Waals surface area contributed by atoms with Gasteiger partial charge in [-0.2, -0.15) is 5.10 Å². The Morgan fingerprint density at radius 3 is 2.28 bits per heavy atom. The maximum Gasteiger partial charge on any atom is 0.272 e. The van der Waals surface area contributed by atoms with Gasteiger partial charge in [0.15, 0.2) is 0 Å². The molecule has 0 bridgehead atoms. The van der Waals surface area contributed by atoms with E-state index < -0.39 is 0 Å². The molecule has 0 atom stereocenters. The van der Waals surface area contributed by atoms with Gasteiger partial charge in [0, 0.05) is 23.6 Å². The number of hydrogen-bond donors (Lipinski definition) is 2. The molecule has 0 spiro atoms. The number of nitrogens with one attached hydrogen (secondary N) is 2. The lowest BCUT2D eigenvalue weighted by Gasteiger charge is -2.12. The van der Waals surface area contributed by atoms with Crippen molar-refractivity contribution in [3.63, 3.8) is 0 Å². The molecule has 4 rings (SSSR count). The van der Waals surface area contributed by atoms with Crippen LogP contribution in [0.3, 0.4) is 0 Å². The van der Waals surface area contributed by atoms with E-state index >= 15 is 0 Å². The second-order valence-corrected chi connectivity index (χ2v) is 8.66. The SMILES string of the molecule is CC(=O)Nc1ccc(/C(C)=N/NC(=O)c2cc(-c3ccc(OC(C)C)cc3)nc3ccccc23)cc1. The normalized spacial score (nSPS) is 11.4.